The Morgan fingerprint density at radius 2 is 2.14 bits per heavy atom. The van der Waals surface area contributed by atoms with Crippen molar-refractivity contribution in [3.63, 3.8) is 0 Å². The Hall–Kier alpha value is -2.50. The van der Waals surface area contributed by atoms with Gasteiger partial charge < -0.3 is 14.5 Å². The summed E-state index contributed by atoms with van der Waals surface area (Å²) in [6.45, 7) is 0.451. The van der Waals surface area contributed by atoms with Gasteiger partial charge in [-0.1, -0.05) is 30.3 Å². The molecule has 1 aliphatic heterocycles. The summed E-state index contributed by atoms with van der Waals surface area (Å²) in [7, 11) is 0. The summed E-state index contributed by atoms with van der Waals surface area (Å²) in [4.78, 5) is 24.2. The molecule has 22 heavy (non-hydrogen) atoms. The number of aromatic nitrogens is 1. The van der Waals surface area contributed by atoms with Crippen LogP contribution >= 0.6 is 0 Å². The van der Waals surface area contributed by atoms with Gasteiger partial charge in [-0.05, 0) is 24.8 Å². The van der Waals surface area contributed by atoms with Crippen molar-refractivity contribution in [3.8, 4) is 0 Å². The van der Waals surface area contributed by atoms with E-state index in [9.17, 15) is 14.7 Å². The summed E-state index contributed by atoms with van der Waals surface area (Å²) in [5.74, 6) is 0.691. The molecule has 1 aromatic heterocycles. The molecule has 6 heteroatoms. The first-order valence-electron chi connectivity index (χ1n) is 7.35. The second-order valence-electron chi connectivity index (χ2n) is 5.66. The number of likely N-dealkylation sites (tertiary alicyclic amines) is 1. The van der Waals surface area contributed by atoms with Crippen molar-refractivity contribution >= 4 is 6.09 Å². The maximum atomic E-state index is 11.4. The van der Waals surface area contributed by atoms with E-state index in [1.54, 1.807) is 0 Å². The first-order chi connectivity index (χ1) is 10.6. The number of aromatic amines is 1. The van der Waals surface area contributed by atoms with Crippen molar-refractivity contribution in [1.29, 1.82) is 0 Å². The van der Waals surface area contributed by atoms with Crippen molar-refractivity contribution in [3.05, 3.63) is 58.1 Å². The van der Waals surface area contributed by atoms with Gasteiger partial charge >= 0.3 is 6.09 Å². The molecule has 1 saturated heterocycles. The Labute approximate surface area is 127 Å². The van der Waals surface area contributed by atoms with E-state index in [1.807, 2.05) is 30.3 Å². The fraction of sp³-hybridized carbons (Fsp3) is 0.375. The van der Waals surface area contributed by atoms with Gasteiger partial charge in [-0.25, -0.2) is 4.79 Å². The van der Waals surface area contributed by atoms with Crippen LogP contribution in [0.15, 0.2) is 45.7 Å². The van der Waals surface area contributed by atoms with E-state index in [1.165, 1.54) is 11.0 Å². The number of carbonyl (C=O) groups is 1. The fourth-order valence-electron chi connectivity index (χ4n) is 3.14. The molecule has 0 radical (unpaired) electrons. The zero-order chi connectivity index (χ0) is 15.5. The predicted molar refractivity (Wildman–Crippen MR) is 80.0 cm³/mol. The fourth-order valence-corrected chi connectivity index (χ4v) is 3.14. The van der Waals surface area contributed by atoms with Gasteiger partial charge in [-0.15, -0.1) is 0 Å². The molecule has 116 valence electrons. The number of nitrogens with one attached hydrogen (secondary N) is 1. The van der Waals surface area contributed by atoms with E-state index in [-0.39, 0.29) is 17.5 Å². The molecular formula is C16H18N2O4. The van der Waals surface area contributed by atoms with Crippen LogP contribution in [0.5, 0.6) is 0 Å². The Morgan fingerprint density at radius 3 is 2.77 bits per heavy atom. The molecular weight excluding hydrogens is 284 g/mol. The SMILES string of the molecule is O=C(O)N1CC[C@@H](c2cc(=O)[nH]o2)C[C@@H]1Cc1ccccc1. The van der Waals surface area contributed by atoms with E-state index in [0.717, 1.165) is 5.56 Å². The summed E-state index contributed by atoms with van der Waals surface area (Å²) in [5.41, 5.74) is 0.852. The standard InChI is InChI=1S/C16H18N2O4/c19-15-10-14(22-17-15)12-6-7-18(16(20)21)13(9-12)8-11-4-2-1-3-5-11/h1-5,10,12-13H,6-9H2,(H,17,19)(H,20,21)/t12-,13+/m1/s1. The highest BCUT2D eigenvalue weighted by Gasteiger charge is 2.33. The number of benzene rings is 1. The number of hydrogen-bond acceptors (Lipinski definition) is 3. The minimum absolute atomic E-state index is 0.0725. The van der Waals surface area contributed by atoms with E-state index in [2.05, 4.69) is 5.16 Å². The minimum Gasteiger partial charge on any atom is -0.465 e. The predicted octanol–water partition coefficient (Wildman–Crippen LogP) is 2.44. The van der Waals surface area contributed by atoms with Crippen molar-refractivity contribution < 1.29 is 14.4 Å². The van der Waals surface area contributed by atoms with Gasteiger partial charge in [0.2, 0.25) is 0 Å². The molecule has 1 fully saturated rings. The summed E-state index contributed by atoms with van der Waals surface area (Å²) in [6, 6.07) is 11.2. The van der Waals surface area contributed by atoms with Crippen LogP contribution in [0.25, 0.3) is 0 Å². The van der Waals surface area contributed by atoms with Crippen LogP contribution in [-0.2, 0) is 6.42 Å². The van der Waals surface area contributed by atoms with E-state index < -0.39 is 6.09 Å². The van der Waals surface area contributed by atoms with Gasteiger partial charge in [0.05, 0.1) is 0 Å². The van der Waals surface area contributed by atoms with Crippen LogP contribution in [0.4, 0.5) is 4.79 Å². The lowest BCUT2D eigenvalue weighted by molar-refractivity contribution is 0.0968. The molecule has 1 amide bonds. The third-order valence-corrected chi connectivity index (χ3v) is 4.22. The molecule has 0 unspecified atom stereocenters. The van der Waals surface area contributed by atoms with Gasteiger partial charge in [0.1, 0.15) is 5.76 Å². The van der Waals surface area contributed by atoms with Crippen molar-refractivity contribution in [2.45, 2.75) is 31.2 Å². The van der Waals surface area contributed by atoms with Gasteiger partial charge in [0.15, 0.2) is 0 Å². The average molecular weight is 302 g/mol. The number of hydrogen-bond donors (Lipinski definition) is 2. The molecule has 1 aromatic carbocycles. The second-order valence-corrected chi connectivity index (χ2v) is 5.66. The van der Waals surface area contributed by atoms with Crippen molar-refractivity contribution in [2.75, 3.05) is 6.54 Å². The smallest absolute Gasteiger partial charge is 0.407 e. The Balaban J connectivity index is 1.78. The zero-order valence-corrected chi connectivity index (χ0v) is 12.1. The van der Waals surface area contributed by atoms with Gasteiger partial charge in [0, 0.05) is 24.6 Å². The lowest BCUT2D eigenvalue weighted by Gasteiger charge is -2.37. The number of H-pyrrole nitrogens is 1. The summed E-state index contributed by atoms with van der Waals surface area (Å²) in [6.07, 6.45) is 1.09. The molecule has 0 aliphatic carbocycles. The van der Waals surface area contributed by atoms with Gasteiger partial charge in [0.25, 0.3) is 5.56 Å². The van der Waals surface area contributed by atoms with Gasteiger partial charge in [-0.2, -0.15) is 5.16 Å². The minimum atomic E-state index is -0.894. The first kappa shape index (κ1) is 14.4. The number of rotatable bonds is 3. The maximum Gasteiger partial charge on any atom is 0.407 e. The van der Waals surface area contributed by atoms with Crippen LogP contribution in [0.2, 0.25) is 0 Å². The molecule has 2 N–H and O–H groups in total. The number of carboxylic acid groups (broad SMARTS) is 1. The zero-order valence-electron chi connectivity index (χ0n) is 12.1. The van der Waals surface area contributed by atoms with Crippen LogP contribution in [0.1, 0.15) is 30.1 Å². The maximum absolute atomic E-state index is 11.4. The Kier molecular flexibility index (Phi) is 4.00. The van der Waals surface area contributed by atoms with Crippen molar-refractivity contribution in [2.24, 2.45) is 0 Å². The van der Waals surface area contributed by atoms with Crippen LogP contribution < -0.4 is 5.56 Å². The lowest BCUT2D eigenvalue weighted by Crippen LogP contribution is -2.46. The molecule has 0 spiro atoms. The third-order valence-electron chi connectivity index (χ3n) is 4.22. The molecule has 2 aromatic rings. The third kappa shape index (κ3) is 3.05. The number of piperidine rings is 1. The molecule has 0 saturated carbocycles. The summed E-state index contributed by atoms with van der Waals surface area (Å²) in [5, 5.41) is 11.7. The monoisotopic (exact) mass is 302 g/mol. The molecule has 6 nitrogen and oxygen atoms in total. The topological polar surface area (TPSA) is 86.5 Å². The quantitative estimate of drug-likeness (QED) is 0.911. The lowest BCUT2D eigenvalue weighted by atomic mass is 9.86. The second kappa shape index (κ2) is 6.09. The van der Waals surface area contributed by atoms with Crippen LogP contribution in [0.3, 0.4) is 0 Å². The highest BCUT2D eigenvalue weighted by molar-refractivity contribution is 5.65. The van der Waals surface area contributed by atoms with E-state index in [0.29, 0.717) is 31.6 Å². The largest absolute Gasteiger partial charge is 0.465 e. The van der Waals surface area contributed by atoms with E-state index >= 15 is 0 Å². The van der Waals surface area contributed by atoms with Crippen LogP contribution in [0, 0.1) is 0 Å². The highest BCUT2D eigenvalue weighted by Crippen LogP contribution is 2.32. The van der Waals surface area contributed by atoms with Crippen LogP contribution in [-0.4, -0.2) is 33.8 Å². The van der Waals surface area contributed by atoms with Crippen molar-refractivity contribution in [1.82, 2.24) is 10.1 Å². The number of nitrogens with zero attached hydrogens (tertiary/aromatic N) is 1. The van der Waals surface area contributed by atoms with E-state index in [4.69, 9.17) is 4.52 Å². The molecule has 0 bridgehead atoms. The summed E-state index contributed by atoms with van der Waals surface area (Å²) < 4.78 is 5.19. The molecule has 3 rings (SSSR count). The molecule has 2 heterocycles. The Morgan fingerprint density at radius 1 is 1.36 bits per heavy atom. The summed E-state index contributed by atoms with van der Waals surface area (Å²) >= 11 is 0. The van der Waals surface area contributed by atoms with Gasteiger partial charge in [-0.3, -0.25) is 4.79 Å². The molecule has 2 atom stereocenters. The Bertz CT molecular complexity index is 691. The number of amides is 1. The molecule has 1 aliphatic rings. The first-order valence-corrected chi connectivity index (χ1v) is 7.35. The average Bonchev–Trinajstić information content (AvgIpc) is 2.94. The highest BCUT2D eigenvalue weighted by atomic mass is 16.5. The normalized spacial score (nSPS) is 21.7.